The summed E-state index contributed by atoms with van der Waals surface area (Å²) < 4.78 is 15.3. The summed E-state index contributed by atoms with van der Waals surface area (Å²) in [5, 5.41) is 10.9. The van der Waals surface area contributed by atoms with Crippen LogP contribution < -0.4 is 0 Å². The molecule has 0 amide bonds. The van der Waals surface area contributed by atoms with Crippen molar-refractivity contribution in [2.24, 2.45) is 0 Å². The van der Waals surface area contributed by atoms with Crippen LogP contribution in [0, 0.1) is 10.1 Å². The monoisotopic (exact) mass is 282 g/mol. The second-order valence-electron chi connectivity index (χ2n) is 4.01. The zero-order chi connectivity index (χ0) is 14.5. The fourth-order valence-corrected chi connectivity index (χ4v) is 1.82. The molecule has 1 aliphatic heterocycles. The van der Waals surface area contributed by atoms with E-state index in [2.05, 4.69) is 4.98 Å². The zero-order valence-electron chi connectivity index (χ0n) is 10.9. The number of carbonyl (C=O) groups is 1. The SMILES string of the molecule is CCOC(=O)Cc1nc(C2OCCO2)ccc1[N+](=O)[O-]. The van der Waals surface area contributed by atoms with E-state index in [1.165, 1.54) is 12.1 Å². The molecule has 0 unspecified atom stereocenters. The summed E-state index contributed by atoms with van der Waals surface area (Å²) in [6, 6.07) is 2.75. The number of aromatic nitrogens is 1. The number of esters is 1. The average molecular weight is 282 g/mol. The van der Waals surface area contributed by atoms with Gasteiger partial charge in [0.1, 0.15) is 5.69 Å². The number of hydrogen-bond donors (Lipinski definition) is 0. The quantitative estimate of drug-likeness (QED) is 0.453. The molecule has 108 valence electrons. The van der Waals surface area contributed by atoms with Crippen molar-refractivity contribution in [3.63, 3.8) is 0 Å². The molecule has 0 saturated carbocycles. The molecule has 20 heavy (non-hydrogen) atoms. The second-order valence-corrected chi connectivity index (χ2v) is 4.01. The van der Waals surface area contributed by atoms with Gasteiger partial charge in [-0.1, -0.05) is 0 Å². The van der Waals surface area contributed by atoms with E-state index < -0.39 is 17.2 Å². The lowest BCUT2D eigenvalue weighted by Gasteiger charge is -2.10. The Balaban J connectivity index is 2.26. The maximum absolute atomic E-state index is 11.5. The Morgan fingerprint density at radius 3 is 2.80 bits per heavy atom. The van der Waals surface area contributed by atoms with Gasteiger partial charge in [0.25, 0.3) is 5.69 Å². The van der Waals surface area contributed by atoms with Crippen molar-refractivity contribution < 1.29 is 23.9 Å². The summed E-state index contributed by atoms with van der Waals surface area (Å²) in [4.78, 5) is 25.9. The number of pyridine rings is 1. The number of nitrogens with zero attached hydrogens (tertiary/aromatic N) is 2. The van der Waals surface area contributed by atoms with E-state index in [-0.39, 0.29) is 24.4 Å². The molecule has 1 fully saturated rings. The molecule has 1 aliphatic rings. The van der Waals surface area contributed by atoms with Crippen LogP contribution in [0.5, 0.6) is 0 Å². The predicted molar refractivity (Wildman–Crippen MR) is 65.9 cm³/mol. The third kappa shape index (κ3) is 3.28. The van der Waals surface area contributed by atoms with Crippen molar-refractivity contribution in [1.82, 2.24) is 4.98 Å². The second kappa shape index (κ2) is 6.40. The predicted octanol–water partition coefficient (Wildman–Crippen LogP) is 1.14. The summed E-state index contributed by atoms with van der Waals surface area (Å²) in [6.45, 7) is 2.75. The van der Waals surface area contributed by atoms with E-state index in [1.54, 1.807) is 6.92 Å². The lowest BCUT2D eigenvalue weighted by atomic mass is 10.2. The van der Waals surface area contributed by atoms with Gasteiger partial charge < -0.3 is 14.2 Å². The maximum atomic E-state index is 11.5. The Morgan fingerprint density at radius 2 is 2.20 bits per heavy atom. The minimum atomic E-state index is -0.642. The third-order valence-corrected chi connectivity index (χ3v) is 2.65. The van der Waals surface area contributed by atoms with Crippen LogP contribution in [-0.4, -0.2) is 35.7 Å². The highest BCUT2D eigenvalue weighted by molar-refractivity contribution is 5.73. The van der Waals surface area contributed by atoms with Crippen LogP contribution in [-0.2, 0) is 25.4 Å². The van der Waals surface area contributed by atoms with Crippen LogP contribution in [0.4, 0.5) is 5.69 Å². The van der Waals surface area contributed by atoms with Crippen LogP contribution in [0.15, 0.2) is 12.1 Å². The molecule has 1 aromatic rings. The number of ether oxygens (including phenoxy) is 3. The molecule has 1 aromatic heterocycles. The van der Waals surface area contributed by atoms with Gasteiger partial charge in [-0.25, -0.2) is 4.98 Å². The van der Waals surface area contributed by atoms with E-state index >= 15 is 0 Å². The lowest BCUT2D eigenvalue weighted by Crippen LogP contribution is -2.12. The van der Waals surface area contributed by atoms with Gasteiger partial charge in [0, 0.05) is 6.07 Å². The summed E-state index contributed by atoms with van der Waals surface area (Å²) >= 11 is 0. The normalized spacial score (nSPS) is 15.2. The molecule has 0 bridgehead atoms. The van der Waals surface area contributed by atoms with E-state index in [0.29, 0.717) is 18.9 Å². The van der Waals surface area contributed by atoms with E-state index in [4.69, 9.17) is 14.2 Å². The van der Waals surface area contributed by atoms with Gasteiger partial charge in [-0.15, -0.1) is 0 Å². The molecule has 0 aromatic carbocycles. The van der Waals surface area contributed by atoms with Gasteiger partial charge in [0.15, 0.2) is 0 Å². The van der Waals surface area contributed by atoms with Crippen molar-refractivity contribution >= 4 is 11.7 Å². The summed E-state index contributed by atoms with van der Waals surface area (Å²) in [5.41, 5.74) is 0.234. The first-order valence-corrected chi connectivity index (χ1v) is 6.15. The van der Waals surface area contributed by atoms with Crippen molar-refractivity contribution in [2.45, 2.75) is 19.6 Å². The maximum Gasteiger partial charge on any atom is 0.312 e. The number of nitro groups is 1. The van der Waals surface area contributed by atoms with E-state index in [9.17, 15) is 14.9 Å². The van der Waals surface area contributed by atoms with Crippen LogP contribution in [0.3, 0.4) is 0 Å². The Morgan fingerprint density at radius 1 is 1.50 bits per heavy atom. The standard InChI is InChI=1S/C12H14N2O6/c1-2-18-11(15)7-9-10(14(16)17)4-3-8(13-9)12-19-5-6-20-12/h3-4,12H,2,5-7H2,1H3. The highest BCUT2D eigenvalue weighted by Gasteiger charge is 2.25. The Labute approximate surface area is 114 Å². The largest absolute Gasteiger partial charge is 0.466 e. The van der Waals surface area contributed by atoms with Gasteiger partial charge >= 0.3 is 5.97 Å². The molecular weight excluding hydrogens is 268 g/mol. The van der Waals surface area contributed by atoms with Crippen LogP contribution in [0.1, 0.15) is 24.6 Å². The van der Waals surface area contributed by atoms with Gasteiger partial charge in [0.05, 0.1) is 36.9 Å². The Kier molecular flexibility index (Phi) is 4.59. The van der Waals surface area contributed by atoms with Crippen molar-refractivity contribution in [3.05, 3.63) is 33.6 Å². The topological polar surface area (TPSA) is 101 Å². The summed E-state index contributed by atoms with van der Waals surface area (Å²) in [6.07, 6.45) is -0.901. The van der Waals surface area contributed by atoms with Gasteiger partial charge in [-0.2, -0.15) is 0 Å². The fourth-order valence-electron chi connectivity index (χ4n) is 1.82. The van der Waals surface area contributed by atoms with Crippen LogP contribution in [0.2, 0.25) is 0 Å². The first-order chi connectivity index (χ1) is 9.61. The highest BCUT2D eigenvalue weighted by Crippen LogP contribution is 2.25. The highest BCUT2D eigenvalue weighted by atomic mass is 16.7. The molecule has 8 nitrogen and oxygen atoms in total. The molecular formula is C12H14N2O6. The van der Waals surface area contributed by atoms with E-state index in [0.717, 1.165) is 0 Å². The van der Waals surface area contributed by atoms with Gasteiger partial charge in [0.2, 0.25) is 6.29 Å². The molecule has 0 spiro atoms. The lowest BCUT2D eigenvalue weighted by molar-refractivity contribution is -0.385. The first-order valence-electron chi connectivity index (χ1n) is 6.15. The molecule has 1 saturated heterocycles. The fraction of sp³-hybridized carbons (Fsp3) is 0.500. The van der Waals surface area contributed by atoms with Crippen molar-refractivity contribution in [1.29, 1.82) is 0 Å². The van der Waals surface area contributed by atoms with Crippen molar-refractivity contribution in [3.8, 4) is 0 Å². The van der Waals surface area contributed by atoms with Crippen molar-refractivity contribution in [2.75, 3.05) is 19.8 Å². The number of carbonyl (C=O) groups excluding carboxylic acids is 1. The molecule has 2 rings (SSSR count). The first kappa shape index (κ1) is 14.4. The summed E-state index contributed by atoms with van der Waals surface area (Å²) in [7, 11) is 0. The smallest absolute Gasteiger partial charge is 0.312 e. The zero-order valence-corrected chi connectivity index (χ0v) is 10.9. The average Bonchev–Trinajstić information content (AvgIpc) is 2.92. The number of hydrogen-bond acceptors (Lipinski definition) is 7. The Bertz CT molecular complexity index is 513. The molecule has 2 heterocycles. The number of rotatable bonds is 5. The van der Waals surface area contributed by atoms with Crippen LogP contribution in [0.25, 0.3) is 0 Å². The molecule has 0 aliphatic carbocycles. The minimum Gasteiger partial charge on any atom is -0.466 e. The summed E-state index contributed by atoms with van der Waals surface area (Å²) in [5.74, 6) is -0.562. The minimum absolute atomic E-state index is 0.0463. The Hall–Kier alpha value is -2.06. The molecule has 0 N–H and O–H groups in total. The molecule has 0 atom stereocenters. The van der Waals surface area contributed by atoms with E-state index in [1.807, 2.05) is 0 Å². The third-order valence-electron chi connectivity index (χ3n) is 2.65. The van der Waals surface area contributed by atoms with Gasteiger partial charge in [-0.3, -0.25) is 14.9 Å². The molecule has 0 radical (unpaired) electrons. The van der Waals surface area contributed by atoms with Crippen LogP contribution >= 0.6 is 0 Å². The van der Waals surface area contributed by atoms with Gasteiger partial charge in [-0.05, 0) is 13.0 Å². The molecule has 8 heteroatoms.